The van der Waals surface area contributed by atoms with Crippen LogP contribution in [0.5, 0.6) is 0 Å². The van der Waals surface area contributed by atoms with Gasteiger partial charge in [0.05, 0.1) is 0 Å². The van der Waals surface area contributed by atoms with E-state index in [0.29, 0.717) is 0 Å². The van der Waals surface area contributed by atoms with Crippen LogP contribution in [-0.2, 0) is 34.1 Å². The second-order valence-corrected chi connectivity index (χ2v) is 0.565. The molecule has 0 rings (SSSR count). The number of carbonyl (C=O) groups is 2. The molecule has 0 spiro atoms. The molecule has 2 radical (unpaired) electrons. The summed E-state index contributed by atoms with van der Waals surface area (Å²) in [5, 5.41) is 27.9. The van der Waals surface area contributed by atoms with Gasteiger partial charge in [-0.3, -0.25) is 0 Å². The Bertz CT molecular complexity index is 71.7. The fraction of sp³-hybridized carbons (Fsp3) is 0. The molecule has 0 bridgehead atoms. The molecule has 0 aromatic carbocycles. The van der Waals surface area contributed by atoms with Crippen LogP contribution in [0.1, 0.15) is 0 Å². The predicted octanol–water partition coefficient (Wildman–Crippen LogP) is 0.440. The third-order valence-corrected chi connectivity index (χ3v) is 0. The van der Waals surface area contributed by atoms with E-state index < -0.39 is 12.3 Å². The first-order chi connectivity index (χ1) is 3.46. The zero-order chi connectivity index (χ0) is 7.15. The topological polar surface area (TPSA) is 115 Å². The van der Waals surface area contributed by atoms with Gasteiger partial charge in [-0.1, -0.05) is 0 Å². The summed E-state index contributed by atoms with van der Waals surface area (Å²) >= 11 is 0. The Hall–Kier alpha value is -0.421. The first-order valence-corrected chi connectivity index (χ1v) is 1.30. The van der Waals surface area contributed by atoms with Crippen LogP contribution in [0.25, 0.3) is 0 Å². The Morgan fingerprint density at radius 3 is 0.700 bits per heavy atom. The maximum Gasteiger partial charge on any atom is 0.503 e. The Labute approximate surface area is 76.8 Å². The van der Waals surface area contributed by atoms with Crippen LogP contribution in [0.2, 0.25) is 0 Å². The molecule has 0 amide bonds. The molecule has 6 nitrogen and oxygen atoms in total. The van der Waals surface area contributed by atoms with Crippen molar-refractivity contribution in [2.75, 3.05) is 0 Å². The SMILES string of the molecule is O=C(O)O.O=C(O)O.[Cu].[Cu]. The quantitative estimate of drug-likeness (QED) is 0.464. The van der Waals surface area contributed by atoms with Gasteiger partial charge in [0.15, 0.2) is 0 Å². The summed E-state index contributed by atoms with van der Waals surface area (Å²) < 4.78 is 0. The molecule has 0 fully saturated rings. The van der Waals surface area contributed by atoms with Crippen LogP contribution in [0.3, 0.4) is 0 Å². The van der Waals surface area contributed by atoms with Crippen LogP contribution in [0, 0.1) is 0 Å². The standard InChI is InChI=1S/2CH2O3.2Cu/c2*2-1(3)4;;/h2*(H2,2,3,4);;. The van der Waals surface area contributed by atoms with Gasteiger partial charge in [-0.25, -0.2) is 9.59 Å². The summed E-state index contributed by atoms with van der Waals surface area (Å²) in [4.78, 5) is 17.1. The summed E-state index contributed by atoms with van der Waals surface area (Å²) in [6, 6.07) is 0. The van der Waals surface area contributed by atoms with Crippen molar-refractivity contribution in [2.45, 2.75) is 0 Å². The van der Waals surface area contributed by atoms with E-state index >= 15 is 0 Å². The molecule has 0 aliphatic heterocycles. The van der Waals surface area contributed by atoms with Crippen molar-refractivity contribution in [3.8, 4) is 0 Å². The maximum absolute atomic E-state index is 8.56. The summed E-state index contributed by atoms with van der Waals surface area (Å²) in [6.07, 6.45) is -3.67. The minimum Gasteiger partial charge on any atom is -0.450 e. The molecule has 70 valence electrons. The summed E-state index contributed by atoms with van der Waals surface area (Å²) in [7, 11) is 0. The van der Waals surface area contributed by atoms with E-state index in [1.54, 1.807) is 0 Å². The zero-order valence-electron chi connectivity index (χ0n) is 4.21. The molecule has 0 heterocycles. The Morgan fingerprint density at radius 1 is 0.700 bits per heavy atom. The summed E-state index contributed by atoms with van der Waals surface area (Å²) in [5.41, 5.74) is 0. The van der Waals surface area contributed by atoms with Gasteiger partial charge in [0.25, 0.3) is 0 Å². The predicted molar refractivity (Wildman–Crippen MR) is 21.3 cm³/mol. The van der Waals surface area contributed by atoms with Gasteiger partial charge in [0.2, 0.25) is 0 Å². The van der Waals surface area contributed by atoms with Gasteiger partial charge in [-0.15, -0.1) is 0 Å². The molecule has 0 aliphatic carbocycles. The maximum atomic E-state index is 8.56. The van der Waals surface area contributed by atoms with Gasteiger partial charge in [0, 0.05) is 34.1 Å². The molecule has 0 aliphatic rings. The van der Waals surface area contributed by atoms with E-state index in [2.05, 4.69) is 0 Å². The van der Waals surface area contributed by atoms with E-state index in [1.165, 1.54) is 0 Å². The van der Waals surface area contributed by atoms with Crippen LogP contribution in [0.4, 0.5) is 9.59 Å². The van der Waals surface area contributed by atoms with Crippen LogP contribution >= 0.6 is 0 Å². The van der Waals surface area contributed by atoms with Crippen molar-refractivity contribution in [1.82, 2.24) is 0 Å². The van der Waals surface area contributed by atoms with Gasteiger partial charge in [-0.2, -0.15) is 0 Å². The molecule has 0 aromatic rings. The van der Waals surface area contributed by atoms with Crippen molar-refractivity contribution in [3.05, 3.63) is 0 Å². The third kappa shape index (κ3) is 1850. The molecule has 10 heavy (non-hydrogen) atoms. The molecule has 0 aromatic heterocycles. The molecular weight excluding hydrogens is 247 g/mol. The minimum absolute atomic E-state index is 0. The smallest absolute Gasteiger partial charge is 0.450 e. The summed E-state index contributed by atoms with van der Waals surface area (Å²) in [6.45, 7) is 0. The fourth-order valence-corrected chi connectivity index (χ4v) is 0. The Balaban J connectivity index is -0.0000000300. The monoisotopic (exact) mass is 250 g/mol. The largest absolute Gasteiger partial charge is 0.503 e. The normalized spacial score (nSPS) is 4.80. The van der Waals surface area contributed by atoms with Crippen molar-refractivity contribution >= 4 is 12.3 Å². The van der Waals surface area contributed by atoms with E-state index in [4.69, 9.17) is 30.0 Å². The zero-order valence-corrected chi connectivity index (χ0v) is 6.09. The van der Waals surface area contributed by atoms with E-state index in [-0.39, 0.29) is 34.1 Å². The average Bonchev–Trinajstić information content (AvgIpc) is 1.25. The minimum atomic E-state index is -1.83. The van der Waals surface area contributed by atoms with Gasteiger partial charge >= 0.3 is 12.3 Å². The van der Waals surface area contributed by atoms with Crippen molar-refractivity contribution in [1.29, 1.82) is 0 Å². The van der Waals surface area contributed by atoms with Crippen molar-refractivity contribution in [3.63, 3.8) is 0 Å². The number of hydrogen-bond donors (Lipinski definition) is 4. The van der Waals surface area contributed by atoms with Gasteiger partial charge < -0.3 is 20.4 Å². The van der Waals surface area contributed by atoms with Crippen LogP contribution < -0.4 is 0 Å². The molecule has 8 heteroatoms. The molecule has 0 unspecified atom stereocenters. The Kier molecular flexibility index (Phi) is 35.9. The average molecular weight is 251 g/mol. The van der Waals surface area contributed by atoms with Crippen LogP contribution in [0.15, 0.2) is 0 Å². The number of carboxylic acid groups (broad SMARTS) is 4. The molecule has 0 saturated heterocycles. The molecule has 0 atom stereocenters. The third-order valence-electron chi connectivity index (χ3n) is 0. The number of hydrogen-bond acceptors (Lipinski definition) is 2. The van der Waals surface area contributed by atoms with Crippen LogP contribution in [-0.4, -0.2) is 32.7 Å². The van der Waals surface area contributed by atoms with Gasteiger partial charge in [0.1, 0.15) is 0 Å². The second kappa shape index (κ2) is 15.8. The van der Waals surface area contributed by atoms with E-state index in [9.17, 15) is 0 Å². The van der Waals surface area contributed by atoms with Gasteiger partial charge in [-0.05, 0) is 0 Å². The first kappa shape index (κ1) is 22.7. The first-order valence-electron chi connectivity index (χ1n) is 1.30. The van der Waals surface area contributed by atoms with Crippen molar-refractivity contribution < 1.29 is 64.2 Å². The second-order valence-electron chi connectivity index (χ2n) is 0.565. The molecular formula is C2H4Cu2O6. The summed E-state index contributed by atoms with van der Waals surface area (Å²) in [5.74, 6) is 0. The molecule has 4 N–H and O–H groups in total. The number of rotatable bonds is 0. The molecule has 0 saturated carbocycles. The van der Waals surface area contributed by atoms with E-state index in [0.717, 1.165) is 0 Å². The fourth-order valence-electron chi connectivity index (χ4n) is 0. The van der Waals surface area contributed by atoms with E-state index in [1.807, 2.05) is 0 Å². The Morgan fingerprint density at radius 2 is 0.700 bits per heavy atom. The van der Waals surface area contributed by atoms with Crippen molar-refractivity contribution in [2.24, 2.45) is 0 Å².